The van der Waals surface area contributed by atoms with Gasteiger partial charge in [0.1, 0.15) is 0 Å². The lowest BCUT2D eigenvalue weighted by Gasteiger charge is -2.02. The highest BCUT2D eigenvalue weighted by atomic mass is 35.5. The van der Waals surface area contributed by atoms with Gasteiger partial charge in [0.2, 0.25) is 0 Å². The molecule has 0 aliphatic carbocycles. The second kappa shape index (κ2) is 5.80. The number of phenolic OH excluding ortho intramolecular Hbond substituents is 2. The maximum atomic E-state index is 12.0. The Labute approximate surface area is 121 Å². The van der Waals surface area contributed by atoms with Gasteiger partial charge in [-0.3, -0.25) is 4.79 Å². The van der Waals surface area contributed by atoms with Crippen LogP contribution < -0.4 is 0 Å². The first kappa shape index (κ1) is 14.2. The van der Waals surface area contributed by atoms with Gasteiger partial charge in [-0.05, 0) is 36.3 Å². The van der Waals surface area contributed by atoms with E-state index in [-0.39, 0.29) is 22.3 Å². The van der Waals surface area contributed by atoms with E-state index in [4.69, 9.17) is 11.6 Å². The van der Waals surface area contributed by atoms with Gasteiger partial charge in [0.05, 0.1) is 5.02 Å². The molecule has 2 rings (SSSR count). The summed E-state index contributed by atoms with van der Waals surface area (Å²) in [5, 5.41) is 18.8. The molecule has 2 aromatic carbocycles. The van der Waals surface area contributed by atoms with Gasteiger partial charge in [-0.15, -0.1) is 0 Å². The van der Waals surface area contributed by atoms with Crippen molar-refractivity contribution in [2.45, 2.75) is 6.92 Å². The van der Waals surface area contributed by atoms with Crippen molar-refractivity contribution in [1.29, 1.82) is 0 Å². The molecule has 0 bridgehead atoms. The summed E-state index contributed by atoms with van der Waals surface area (Å²) in [4.78, 5) is 12.0. The third-order valence-electron chi connectivity index (χ3n) is 2.90. The van der Waals surface area contributed by atoms with Crippen LogP contribution in [0.15, 0.2) is 42.5 Å². The molecule has 0 aliphatic heterocycles. The van der Waals surface area contributed by atoms with E-state index < -0.39 is 0 Å². The number of aromatic hydroxyl groups is 2. The summed E-state index contributed by atoms with van der Waals surface area (Å²) >= 11 is 5.75. The third-order valence-corrected chi connectivity index (χ3v) is 3.19. The summed E-state index contributed by atoms with van der Waals surface area (Å²) in [6, 6.07) is 10.1. The van der Waals surface area contributed by atoms with Crippen LogP contribution in [0, 0.1) is 6.92 Å². The zero-order valence-electron chi connectivity index (χ0n) is 10.8. The number of aryl methyl sites for hydroxylation is 1. The molecule has 4 heteroatoms. The van der Waals surface area contributed by atoms with Crippen molar-refractivity contribution in [3.05, 3.63) is 64.2 Å². The van der Waals surface area contributed by atoms with Gasteiger partial charge < -0.3 is 10.2 Å². The molecule has 0 unspecified atom stereocenters. The first-order valence-corrected chi connectivity index (χ1v) is 6.36. The first-order valence-electron chi connectivity index (χ1n) is 5.98. The monoisotopic (exact) mass is 288 g/mol. The van der Waals surface area contributed by atoms with Crippen LogP contribution in [0.3, 0.4) is 0 Å². The second-order valence-electron chi connectivity index (χ2n) is 4.38. The van der Waals surface area contributed by atoms with Gasteiger partial charge in [-0.1, -0.05) is 41.9 Å². The molecule has 0 fully saturated rings. The van der Waals surface area contributed by atoms with Gasteiger partial charge in [-0.25, -0.2) is 0 Å². The van der Waals surface area contributed by atoms with Crippen LogP contribution in [0.2, 0.25) is 5.02 Å². The number of benzene rings is 2. The summed E-state index contributed by atoms with van der Waals surface area (Å²) in [6.45, 7) is 1.87. The highest BCUT2D eigenvalue weighted by Gasteiger charge is 2.07. The van der Waals surface area contributed by atoms with Gasteiger partial charge in [0, 0.05) is 5.56 Å². The van der Waals surface area contributed by atoms with E-state index in [1.54, 1.807) is 18.2 Å². The highest BCUT2D eigenvalue weighted by Crippen LogP contribution is 2.34. The summed E-state index contributed by atoms with van der Waals surface area (Å²) in [5.74, 6) is -0.818. The largest absolute Gasteiger partial charge is 0.504 e. The second-order valence-corrected chi connectivity index (χ2v) is 4.79. The zero-order valence-corrected chi connectivity index (χ0v) is 11.6. The number of hydrogen-bond acceptors (Lipinski definition) is 3. The number of hydrogen-bond donors (Lipinski definition) is 2. The average molecular weight is 289 g/mol. The topological polar surface area (TPSA) is 57.5 Å². The van der Waals surface area contributed by atoms with E-state index in [2.05, 4.69) is 0 Å². The van der Waals surface area contributed by atoms with Crippen LogP contribution in [-0.4, -0.2) is 16.0 Å². The molecular formula is C16H13ClO3. The fourth-order valence-electron chi connectivity index (χ4n) is 1.81. The Morgan fingerprint density at radius 2 is 1.90 bits per heavy atom. The van der Waals surface area contributed by atoms with Crippen molar-refractivity contribution in [3.63, 3.8) is 0 Å². The predicted molar refractivity (Wildman–Crippen MR) is 79.3 cm³/mol. The molecule has 0 aromatic heterocycles. The normalized spacial score (nSPS) is 10.9. The van der Waals surface area contributed by atoms with Gasteiger partial charge in [0.25, 0.3) is 0 Å². The van der Waals surface area contributed by atoms with Crippen molar-refractivity contribution in [1.82, 2.24) is 0 Å². The predicted octanol–water partition coefficient (Wildman–Crippen LogP) is 3.96. The van der Waals surface area contributed by atoms with Gasteiger partial charge >= 0.3 is 0 Å². The number of carbonyl (C=O) groups is 1. The Bertz CT molecular complexity index is 667. The average Bonchev–Trinajstić information content (AvgIpc) is 2.42. The van der Waals surface area contributed by atoms with Crippen LogP contribution in [0.25, 0.3) is 6.08 Å². The van der Waals surface area contributed by atoms with Crippen molar-refractivity contribution < 1.29 is 15.0 Å². The first-order chi connectivity index (χ1) is 9.49. The molecule has 0 amide bonds. The lowest BCUT2D eigenvalue weighted by atomic mass is 10.0. The van der Waals surface area contributed by atoms with Crippen LogP contribution in [-0.2, 0) is 0 Å². The maximum Gasteiger partial charge on any atom is 0.186 e. The van der Waals surface area contributed by atoms with Crippen LogP contribution >= 0.6 is 11.6 Å². The molecular weight excluding hydrogens is 276 g/mol. The minimum atomic E-state index is -0.367. The molecule has 2 aromatic rings. The number of rotatable bonds is 3. The Morgan fingerprint density at radius 3 is 2.55 bits per heavy atom. The van der Waals surface area contributed by atoms with Gasteiger partial charge in [0.15, 0.2) is 17.3 Å². The molecule has 3 nitrogen and oxygen atoms in total. The van der Waals surface area contributed by atoms with Crippen molar-refractivity contribution in [2.75, 3.05) is 0 Å². The van der Waals surface area contributed by atoms with Crippen LogP contribution in [0.1, 0.15) is 21.5 Å². The number of allylic oxidation sites excluding steroid dienone is 1. The summed E-state index contributed by atoms with van der Waals surface area (Å²) in [5.41, 5.74) is 2.05. The van der Waals surface area contributed by atoms with E-state index in [1.807, 2.05) is 19.1 Å². The van der Waals surface area contributed by atoms with Crippen LogP contribution in [0.4, 0.5) is 0 Å². The summed E-state index contributed by atoms with van der Waals surface area (Å²) in [6.07, 6.45) is 2.95. The molecule has 2 N–H and O–H groups in total. The molecule has 0 aliphatic rings. The van der Waals surface area contributed by atoms with Crippen molar-refractivity contribution in [2.24, 2.45) is 0 Å². The SMILES string of the molecule is Cc1ccccc1C(=O)/C=C/c1cc(O)c(O)c(Cl)c1. The fraction of sp³-hybridized carbons (Fsp3) is 0.0625. The highest BCUT2D eigenvalue weighted by molar-refractivity contribution is 6.32. The molecule has 20 heavy (non-hydrogen) atoms. The van der Waals surface area contributed by atoms with Gasteiger partial charge in [-0.2, -0.15) is 0 Å². The summed E-state index contributed by atoms with van der Waals surface area (Å²) in [7, 11) is 0. The number of carbonyl (C=O) groups excluding carboxylic acids is 1. The van der Waals surface area contributed by atoms with Crippen molar-refractivity contribution >= 4 is 23.5 Å². The van der Waals surface area contributed by atoms with E-state index in [9.17, 15) is 15.0 Å². The third kappa shape index (κ3) is 3.00. The molecule has 0 heterocycles. The standard InChI is InChI=1S/C16H13ClO3/c1-10-4-2-3-5-12(10)14(18)7-6-11-8-13(17)16(20)15(19)9-11/h2-9,19-20H,1H3/b7-6+. The number of ketones is 1. The minimum absolute atomic E-state index is 0.0352. The van der Waals surface area contributed by atoms with E-state index in [0.29, 0.717) is 11.1 Å². The molecule has 0 radical (unpaired) electrons. The van der Waals surface area contributed by atoms with E-state index >= 15 is 0 Å². The van der Waals surface area contributed by atoms with Crippen LogP contribution in [0.5, 0.6) is 11.5 Å². The Kier molecular flexibility index (Phi) is 4.11. The van der Waals surface area contributed by atoms with E-state index in [1.165, 1.54) is 18.2 Å². The maximum absolute atomic E-state index is 12.0. The lowest BCUT2D eigenvalue weighted by molar-refractivity contribution is 0.104. The number of phenols is 2. The molecule has 102 valence electrons. The number of halogens is 1. The Balaban J connectivity index is 2.26. The minimum Gasteiger partial charge on any atom is -0.504 e. The fourth-order valence-corrected chi connectivity index (χ4v) is 2.04. The molecule has 0 saturated carbocycles. The Morgan fingerprint density at radius 1 is 1.20 bits per heavy atom. The molecule has 0 atom stereocenters. The van der Waals surface area contributed by atoms with E-state index in [0.717, 1.165) is 5.56 Å². The molecule has 0 spiro atoms. The molecule has 0 saturated heterocycles. The zero-order chi connectivity index (χ0) is 14.7. The smallest absolute Gasteiger partial charge is 0.186 e. The quantitative estimate of drug-likeness (QED) is 0.511. The lowest BCUT2D eigenvalue weighted by Crippen LogP contribution is -1.96. The summed E-state index contributed by atoms with van der Waals surface area (Å²) < 4.78 is 0. The Hall–Kier alpha value is -2.26. The van der Waals surface area contributed by atoms with Crippen molar-refractivity contribution in [3.8, 4) is 11.5 Å².